The number of aryl methyl sites for hydroxylation is 1. The Kier molecular flexibility index (Phi) is 5.99. The fourth-order valence-electron chi connectivity index (χ4n) is 4.31. The predicted molar refractivity (Wildman–Crippen MR) is 126 cm³/mol. The van der Waals surface area contributed by atoms with E-state index in [1.165, 1.54) is 18.3 Å². The molecule has 2 aliphatic rings. The van der Waals surface area contributed by atoms with Crippen LogP contribution in [0.3, 0.4) is 0 Å². The van der Waals surface area contributed by atoms with E-state index in [0.717, 1.165) is 36.1 Å². The molecule has 7 nitrogen and oxygen atoms in total. The summed E-state index contributed by atoms with van der Waals surface area (Å²) in [4.78, 5) is 42.5. The molecule has 0 fully saturated rings. The minimum Gasteiger partial charge on any atom is -0.465 e. The normalized spacial score (nSPS) is 19.8. The first kappa shape index (κ1) is 22.3. The van der Waals surface area contributed by atoms with Crippen molar-refractivity contribution < 1.29 is 19.1 Å². The zero-order valence-electron chi connectivity index (χ0n) is 18.9. The second-order valence-corrected chi connectivity index (χ2v) is 9.75. The van der Waals surface area contributed by atoms with Gasteiger partial charge in [0, 0.05) is 17.5 Å². The fraction of sp³-hybridized carbons (Fsp3) is 0.458. The van der Waals surface area contributed by atoms with E-state index in [1.54, 1.807) is 17.0 Å². The van der Waals surface area contributed by atoms with Gasteiger partial charge in [0.15, 0.2) is 0 Å². The molecule has 0 spiro atoms. The third-order valence-electron chi connectivity index (χ3n) is 5.92. The third-order valence-corrected chi connectivity index (χ3v) is 7.13. The Bertz CT molecular complexity index is 1080. The van der Waals surface area contributed by atoms with E-state index in [9.17, 15) is 14.4 Å². The Morgan fingerprint density at radius 1 is 1.22 bits per heavy atom. The zero-order chi connectivity index (χ0) is 23.0. The molecule has 0 bridgehead atoms. The van der Waals surface area contributed by atoms with Gasteiger partial charge < -0.3 is 20.3 Å². The van der Waals surface area contributed by atoms with Crippen molar-refractivity contribution >= 4 is 39.7 Å². The number of benzene rings is 1. The summed E-state index contributed by atoms with van der Waals surface area (Å²) in [7, 11) is 0. The molecular formula is C24H29N3O4S. The van der Waals surface area contributed by atoms with Gasteiger partial charge in [0.25, 0.3) is 23.3 Å². The van der Waals surface area contributed by atoms with Gasteiger partial charge in [-0.05, 0) is 71.1 Å². The lowest BCUT2D eigenvalue weighted by Crippen LogP contribution is -2.60. The number of ether oxygens (including phenoxy) is 1. The van der Waals surface area contributed by atoms with Crippen LogP contribution in [0, 0.1) is 0 Å². The standard InChI is InChI=1S/C24H29N3O4S/c1-5-27-16-11-7-8-12-17(16)31-24(4,23(27)30)22(29)26-21-19(20(28)25-14(2)3)15-10-6-9-13-18(15)32-21/h7-8,11-12,14H,5-6,9-10,13H2,1-4H3,(H,25,28)(H,26,29). The molecule has 2 N–H and O–H groups in total. The second kappa shape index (κ2) is 8.58. The Labute approximate surface area is 192 Å². The van der Waals surface area contributed by atoms with Crippen molar-refractivity contribution in [3.63, 3.8) is 0 Å². The van der Waals surface area contributed by atoms with Crippen LogP contribution >= 0.6 is 11.3 Å². The van der Waals surface area contributed by atoms with Crippen molar-refractivity contribution in [2.75, 3.05) is 16.8 Å². The zero-order valence-corrected chi connectivity index (χ0v) is 19.7. The Balaban J connectivity index is 1.69. The first-order valence-electron chi connectivity index (χ1n) is 11.1. The highest BCUT2D eigenvalue weighted by molar-refractivity contribution is 7.17. The van der Waals surface area contributed by atoms with Crippen LogP contribution in [-0.2, 0) is 22.4 Å². The van der Waals surface area contributed by atoms with E-state index in [-0.39, 0.29) is 11.9 Å². The van der Waals surface area contributed by atoms with Crippen LogP contribution in [0.5, 0.6) is 5.75 Å². The molecule has 1 aromatic heterocycles. The number of para-hydroxylation sites is 2. The lowest BCUT2D eigenvalue weighted by atomic mass is 9.95. The number of hydrogen-bond donors (Lipinski definition) is 2. The predicted octanol–water partition coefficient (Wildman–Crippen LogP) is 3.91. The molecule has 0 saturated carbocycles. The summed E-state index contributed by atoms with van der Waals surface area (Å²) >= 11 is 1.43. The van der Waals surface area contributed by atoms with Crippen LogP contribution < -0.4 is 20.3 Å². The Morgan fingerprint density at radius 3 is 2.66 bits per heavy atom. The highest BCUT2D eigenvalue weighted by atomic mass is 32.1. The van der Waals surface area contributed by atoms with Crippen molar-refractivity contribution in [3.05, 3.63) is 40.3 Å². The van der Waals surface area contributed by atoms with Crippen molar-refractivity contribution in [3.8, 4) is 5.75 Å². The molecule has 1 atom stereocenters. The van der Waals surface area contributed by atoms with Gasteiger partial charge in [0.05, 0.1) is 11.3 Å². The topological polar surface area (TPSA) is 87.7 Å². The summed E-state index contributed by atoms with van der Waals surface area (Å²) in [5.74, 6) is -0.718. The van der Waals surface area contributed by atoms with Crippen LogP contribution in [-0.4, -0.2) is 35.9 Å². The number of carbonyl (C=O) groups excluding carboxylic acids is 3. The van der Waals surface area contributed by atoms with Gasteiger partial charge in [0.1, 0.15) is 10.8 Å². The summed E-state index contributed by atoms with van der Waals surface area (Å²) < 4.78 is 5.97. The highest BCUT2D eigenvalue weighted by Gasteiger charge is 2.50. The van der Waals surface area contributed by atoms with Crippen molar-refractivity contribution in [2.24, 2.45) is 0 Å². The van der Waals surface area contributed by atoms with Crippen LogP contribution in [0.1, 0.15) is 61.3 Å². The number of fused-ring (bicyclic) bond motifs is 2. The number of amides is 3. The quantitative estimate of drug-likeness (QED) is 0.669. The van der Waals surface area contributed by atoms with Gasteiger partial charge in [-0.2, -0.15) is 0 Å². The lowest BCUT2D eigenvalue weighted by Gasteiger charge is -2.39. The monoisotopic (exact) mass is 455 g/mol. The number of nitrogens with one attached hydrogen (secondary N) is 2. The number of nitrogens with zero attached hydrogens (tertiary/aromatic N) is 1. The third kappa shape index (κ3) is 3.77. The molecule has 0 saturated heterocycles. The smallest absolute Gasteiger partial charge is 0.280 e. The van der Waals surface area contributed by atoms with Crippen molar-refractivity contribution in [1.29, 1.82) is 0 Å². The summed E-state index contributed by atoms with van der Waals surface area (Å²) in [5, 5.41) is 6.32. The first-order valence-corrected chi connectivity index (χ1v) is 11.9. The van der Waals surface area contributed by atoms with E-state index in [2.05, 4.69) is 10.6 Å². The molecule has 170 valence electrons. The summed E-state index contributed by atoms with van der Waals surface area (Å²) in [5.41, 5.74) is 0.442. The van der Waals surface area contributed by atoms with Gasteiger partial charge in [-0.3, -0.25) is 14.4 Å². The average molecular weight is 456 g/mol. The largest absolute Gasteiger partial charge is 0.465 e. The van der Waals surface area contributed by atoms with Crippen LogP contribution in [0.4, 0.5) is 10.7 Å². The van der Waals surface area contributed by atoms with Crippen LogP contribution in [0.15, 0.2) is 24.3 Å². The molecular weight excluding hydrogens is 426 g/mol. The van der Waals surface area contributed by atoms with Gasteiger partial charge in [-0.1, -0.05) is 12.1 Å². The van der Waals surface area contributed by atoms with Crippen molar-refractivity contribution in [1.82, 2.24) is 5.32 Å². The number of thiophene rings is 1. The molecule has 1 aromatic carbocycles. The van der Waals surface area contributed by atoms with Crippen LogP contribution in [0.2, 0.25) is 0 Å². The number of rotatable bonds is 5. The molecule has 2 heterocycles. The molecule has 0 radical (unpaired) electrons. The summed E-state index contributed by atoms with van der Waals surface area (Å²) in [6.45, 7) is 7.57. The van der Waals surface area contributed by atoms with Gasteiger partial charge in [-0.25, -0.2) is 0 Å². The maximum Gasteiger partial charge on any atom is 0.280 e. The molecule has 4 rings (SSSR count). The Morgan fingerprint density at radius 2 is 1.94 bits per heavy atom. The van der Waals surface area contributed by atoms with E-state index >= 15 is 0 Å². The van der Waals surface area contributed by atoms with E-state index in [1.807, 2.05) is 32.9 Å². The molecule has 1 aliphatic heterocycles. The van der Waals surface area contributed by atoms with E-state index < -0.39 is 17.4 Å². The maximum atomic E-state index is 13.5. The van der Waals surface area contributed by atoms with E-state index in [0.29, 0.717) is 28.5 Å². The van der Waals surface area contributed by atoms with Crippen LogP contribution in [0.25, 0.3) is 0 Å². The molecule has 1 unspecified atom stereocenters. The minimum absolute atomic E-state index is 0.0272. The molecule has 1 aliphatic carbocycles. The average Bonchev–Trinajstić information content (AvgIpc) is 3.12. The molecule has 2 aromatic rings. The molecule has 8 heteroatoms. The summed E-state index contributed by atoms with van der Waals surface area (Å²) in [6, 6.07) is 7.16. The minimum atomic E-state index is -1.74. The van der Waals surface area contributed by atoms with Gasteiger partial charge in [-0.15, -0.1) is 11.3 Å². The summed E-state index contributed by atoms with van der Waals surface area (Å²) in [6.07, 6.45) is 3.78. The van der Waals surface area contributed by atoms with Gasteiger partial charge in [0.2, 0.25) is 0 Å². The number of hydrogen-bond acceptors (Lipinski definition) is 5. The van der Waals surface area contributed by atoms with E-state index in [4.69, 9.17) is 4.74 Å². The Hall–Kier alpha value is -2.87. The molecule has 3 amide bonds. The fourth-order valence-corrected chi connectivity index (χ4v) is 5.59. The second-order valence-electron chi connectivity index (χ2n) is 8.65. The first-order chi connectivity index (χ1) is 15.3. The number of carbonyl (C=O) groups is 3. The molecule has 32 heavy (non-hydrogen) atoms. The number of likely N-dealkylation sites (N-methyl/N-ethyl adjacent to an activating group) is 1. The lowest BCUT2D eigenvalue weighted by molar-refractivity contribution is -0.145. The SMILES string of the molecule is CCN1C(=O)C(C)(C(=O)Nc2sc3c(c2C(=O)NC(C)C)CCCC3)Oc2ccccc21. The maximum absolute atomic E-state index is 13.5. The van der Waals surface area contributed by atoms with Gasteiger partial charge >= 0.3 is 0 Å². The number of anilines is 2. The highest BCUT2D eigenvalue weighted by Crippen LogP contribution is 2.41. The van der Waals surface area contributed by atoms with Crippen molar-refractivity contribution in [2.45, 2.75) is 65.0 Å².